The van der Waals surface area contributed by atoms with Crippen LogP contribution in [0.5, 0.6) is 0 Å². The smallest absolute Gasteiger partial charge is 0.336 e. The van der Waals surface area contributed by atoms with Gasteiger partial charge in [0.2, 0.25) is 5.89 Å². The predicted molar refractivity (Wildman–Crippen MR) is 107 cm³/mol. The van der Waals surface area contributed by atoms with E-state index < -0.39 is 0 Å². The van der Waals surface area contributed by atoms with Crippen LogP contribution in [0, 0.1) is 0 Å². The number of imidazole rings is 1. The molecule has 3 aromatic rings. The van der Waals surface area contributed by atoms with E-state index in [0.29, 0.717) is 24.4 Å². The van der Waals surface area contributed by atoms with Crippen LogP contribution in [-0.4, -0.2) is 43.3 Å². The van der Waals surface area contributed by atoms with Crippen LogP contribution in [0.4, 0.5) is 0 Å². The lowest BCUT2D eigenvalue weighted by Gasteiger charge is -2.30. The lowest BCUT2D eigenvalue weighted by Crippen LogP contribution is -2.34. The SMILES string of the molecule is CCn1c(=O)n(-c2noc(C3CCN(C4CCCCC4)C3)n2)c2ccccc21. The summed E-state index contributed by atoms with van der Waals surface area (Å²) in [6, 6.07) is 8.47. The number of likely N-dealkylation sites (tertiary alicyclic amines) is 1. The highest BCUT2D eigenvalue weighted by Gasteiger charge is 2.33. The van der Waals surface area contributed by atoms with Crippen LogP contribution in [0.1, 0.15) is 57.3 Å². The van der Waals surface area contributed by atoms with E-state index in [1.54, 1.807) is 9.13 Å². The molecule has 0 bridgehead atoms. The third-order valence-electron chi connectivity index (χ3n) is 6.44. The number of hydrogen-bond acceptors (Lipinski definition) is 5. The van der Waals surface area contributed by atoms with Gasteiger partial charge in [0.1, 0.15) is 0 Å². The van der Waals surface area contributed by atoms with Gasteiger partial charge in [0.05, 0.1) is 17.0 Å². The first-order valence-corrected chi connectivity index (χ1v) is 10.5. The molecule has 1 atom stereocenters. The molecular weight excluding hydrogens is 354 g/mol. The topological polar surface area (TPSA) is 69.1 Å². The lowest BCUT2D eigenvalue weighted by atomic mass is 9.94. The third-order valence-corrected chi connectivity index (χ3v) is 6.44. The summed E-state index contributed by atoms with van der Waals surface area (Å²) in [5.41, 5.74) is 1.59. The molecule has 2 aliphatic rings. The molecule has 2 aromatic heterocycles. The average Bonchev–Trinajstić information content (AvgIpc) is 3.45. The predicted octanol–water partition coefficient (Wildman–Crippen LogP) is 3.32. The van der Waals surface area contributed by atoms with E-state index in [1.807, 2.05) is 31.2 Å². The highest BCUT2D eigenvalue weighted by atomic mass is 16.5. The first-order chi connectivity index (χ1) is 13.8. The lowest BCUT2D eigenvalue weighted by molar-refractivity contribution is 0.187. The van der Waals surface area contributed by atoms with Crippen LogP contribution in [0.3, 0.4) is 0 Å². The van der Waals surface area contributed by atoms with Gasteiger partial charge in [-0.25, -0.2) is 9.36 Å². The summed E-state index contributed by atoms with van der Waals surface area (Å²) in [5.74, 6) is 1.27. The first-order valence-electron chi connectivity index (χ1n) is 10.5. The van der Waals surface area contributed by atoms with Crippen molar-refractivity contribution in [3.63, 3.8) is 0 Å². The molecule has 148 valence electrons. The second-order valence-electron chi connectivity index (χ2n) is 8.06. The van der Waals surface area contributed by atoms with Gasteiger partial charge in [-0.3, -0.25) is 9.47 Å². The molecule has 0 radical (unpaired) electrons. The fourth-order valence-corrected chi connectivity index (χ4v) is 4.96. The number of rotatable bonds is 4. The number of nitrogens with zero attached hydrogens (tertiary/aromatic N) is 5. The summed E-state index contributed by atoms with van der Waals surface area (Å²) in [7, 11) is 0. The maximum atomic E-state index is 12.9. The van der Waals surface area contributed by atoms with Crippen molar-refractivity contribution < 1.29 is 4.52 Å². The maximum absolute atomic E-state index is 12.9. The van der Waals surface area contributed by atoms with E-state index in [0.717, 1.165) is 30.5 Å². The van der Waals surface area contributed by atoms with Crippen molar-refractivity contribution in [1.82, 2.24) is 24.2 Å². The van der Waals surface area contributed by atoms with Crippen LogP contribution in [0.2, 0.25) is 0 Å². The molecular formula is C21H27N5O2. The van der Waals surface area contributed by atoms with E-state index >= 15 is 0 Å². The van der Waals surface area contributed by atoms with Gasteiger partial charge in [0, 0.05) is 19.1 Å². The number of benzene rings is 1. The summed E-state index contributed by atoms with van der Waals surface area (Å²) < 4.78 is 8.94. The molecule has 3 heterocycles. The number of para-hydroxylation sites is 2. The summed E-state index contributed by atoms with van der Waals surface area (Å²) in [6.45, 7) is 4.66. The van der Waals surface area contributed by atoms with Crippen LogP contribution in [-0.2, 0) is 6.54 Å². The molecule has 1 aromatic carbocycles. The van der Waals surface area contributed by atoms with Crippen molar-refractivity contribution in [1.29, 1.82) is 0 Å². The van der Waals surface area contributed by atoms with Crippen molar-refractivity contribution in [2.45, 2.75) is 64.0 Å². The largest absolute Gasteiger partial charge is 0.337 e. The van der Waals surface area contributed by atoms with Crippen molar-refractivity contribution in [2.75, 3.05) is 13.1 Å². The molecule has 1 saturated heterocycles. The van der Waals surface area contributed by atoms with Gasteiger partial charge in [-0.05, 0) is 50.0 Å². The Morgan fingerprint density at radius 3 is 2.68 bits per heavy atom. The maximum Gasteiger partial charge on any atom is 0.336 e. The first kappa shape index (κ1) is 17.7. The highest BCUT2D eigenvalue weighted by Crippen LogP contribution is 2.32. The third kappa shape index (κ3) is 2.89. The number of aryl methyl sites for hydroxylation is 1. The van der Waals surface area contributed by atoms with Gasteiger partial charge in [0.15, 0.2) is 0 Å². The number of hydrogen-bond donors (Lipinski definition) is 0. The molecule has 1 unspecified atom stereocenters. The Bertz CT molecular complexity index is 1030. The fourth-order valence-electron chi connectivity index (χ4n) is 4.96. The zero-order chi connectivity index (χ0) is 19.1. The van der Waals surface area contributed by atoms with Crippen LogP contribution >= 0.6 is 0 Å². The molecule has 0 spiro atoms. The Hall–Kier alpha value is -2.41. The zero-order valence-electron chi connectivity index (χ0n) is 16.4. The molecule has 2 fully saturated rings. The van der Waals surface area contributed by atoms with Crippen molar-refractivity contribution in [2.24, 2.45) is 0 Å². The zero-order valence-corrected chi connectivity index (χ0v) is 16.4. The van der Waals surface area contributed by atoms with Crippen LogP contribution in [0.15, 0.2) is 33.6 Å². The molecule has 0 N–H and O–H groups in total. The Morgan fingerprint density at radius 1 is 1.11 bits per heavy atom. The monoisotopic (exact) mass is 381 g/mol. The second kappa shape index (κ2) is 7.20. The molecule has 1 aliphatic carbocycles. The molecule has 1 aliphatic heterocycles. The normalized spacial score (nSPS) is 21.7. The highest BCUT2D eigenvalue weighted by molar-refractivity contribution is 5.77. The van der Waals surface area contributed by atoms with Crippen molar-refractivity contribution in [3.05, 3.63) is 40.6 Å². The molecule has 1 saturated carbocycles. The molecule has 5 rings (SSSR count). The van der Waals surface area contributed by atoms with Gasteiger partial charge in [-0.2, -0.15) is 4.98 Å². The van der Waals surface area contributed by atoms with Gasteiger partial charge < -0.3 is 4.52 Å². The summed E-state index contributed by atoms with van der Waals surface area (Å²) >= 11 is 0. The minimum atomic E-state index is -0.119. The number of fused-ring (bicyclic) bond motifs is 1. The summed E-state index contributed by atoms with van der Waals surface area (Å²) in [5, 5.41) is 4.17. The standard InChI is InChI=1S/C21H27N5O2/c1-2-25-17-10-6-7-11-18(17)26(21(25)27)20-22-19(28-23-20)15-12-13-24(14-15)16-8-4-3-5-9-16/h6-7,10-11,15-16H,2-5,8-9,12-14H2,1H3. The summed E-state index contributed by atoms with van der Waals surface area (Å²) in [6.07, 6.45) is 7.74. The van der Waals surface area contributed by atoms with Crippen LogP contribution < -0.4 is 5.69 Å². The van der Waals surface area contributed by atoms with E-state index in [4.69, 9.17) is 4.52 Å². The Kier molecular flexibility index (Phi) is 4.55. The fraction of sp³-hybridized carbons (Fsp3) is 0.571. The van der Waals surface area contributed by atoms with Gasteiger partial charge >= 0.3 is 5.69 Å². The molecule has 7 heteroatoms. The Balaban J connectivity index is 1.42. The van der Waals surface area contributed by atoms with E-state index in [2.05, 4.69) is 15.0 Å². The van der Waals surface area contributed by atoms with Gasteiger partial charge in [0.25, 0.3) is 5.95 Å². The van der Waals surface area contributed by atoms with Gasteiger partial charge in [-0.15, -0.1) is 0 Å². The van der Waals surface area contributed by atoms with Crippen molar-refractivity contribution in [3.8, 4) is 5.95 Å². The van der Waals surface area contributed by atoms with E-state index in [-0.39, 0.29) is 11.6 Å². The Labute approximate surface area is 163 Å². The van der Waals surface area contributed by atoms with Gasteiger partial charge in [-0.1, -0.05) is 31.4 Å². The Morgan fingerprint density at radius 2 is 1.89 bits per heavy atom. The minimum absolute atomic E-state index is 0.119. The molecule has 28 heavy (non-hydrogen) atoms. The van der Waals surface area contributed by atoms with E-state index in [1.165, 1.54) is 32.1 Å². The second-order valence-corrected chi connectivity index (χ2v) is 8.06. The van der Waals surface area contributed by atoms with E-state index in [9.17, 15) is 4.79 Å². The summed E-state index contributed by atoms with van der Waals surface area (Å²) in [4.78, 5) is 20.2. The quantitative estimate of drug-likeness (QED) is 0.693. The van der Waals surface area contributed by atoms with Crippen LogP contribution in [0.25, 0.3) is 17.0 Å². The molecule has 7 nitrogen and oxygen atoms in total. The molecule has 0 amide bonds. The number of aromatic nitrogens is 4. The average molecular weight is 381 g/mol. The van der Waals surface area contributed by atoms with Crippen molar-refractivity contribution >= 4 is 11.0 Å². The minimum Gasteiger partial charge on any atom is -0.337 e.